The van der Waals surface area contributed by atoms with Crippen LogP contribution >= 0.6 is 15.9 Å². The van der Waals surface area contributed by atoms with Crippen LogP contribution in [0.2, 0.25) is 0 Å². The molecule has 10 heteroatoms. The fourth-order valence-corrected chi connectivity index (χ4v) is 8.01. The number of unbranched alkanes of at least 4 members (excludes halogenated alkanes) is 14. The molecule has 66 heavy (non-hydrogen) atoms. The van der Waals surface area contributed by atoms with Gasteiger partial charge in [0.05, 0.1) is 33.0 Å². The third-order valence-corrected chi connectivity index (χ3v) is 12.1. The van der Waals surface area contributed by atoms with Crippen molar-refractivity contribution in [3.8, 4) is 45.3 Å². The van der Waals surface area contributed by atoms with Crippen LogP contribution < -0.4 is 43.8 Å². The van der Waals surface area contributed by atoms with Crippen LogP contribution in [0.3, 0.4) is 0 Å². The molecular weight excluding hydrogens is 904 g/mol. The van der Waals surface area contributed by atoms with E-state index in [-0.39, 0.29) is 53.0 Å². The smallest absolute Gasteiger partial charge is 0.870 e. The average molecular weight is 986 g/mol. The van der Waals surface area contributed by atoms with Gasteiger partial charge in [0, 0.05) is 31.4 Å². The summed E-state index contributed by atoms with van der Waals surface area (Å²) >= 11 is 3.44. The Labute approximate surface area is 430 Å². The molecule has 3 aliphatic rings. The van der Waals surface area contributed by atoms with Gasteiger partial charge in [0.25, 0.3) is 0 Å². The monoisotopic (exact) mass is 985 g/mol. The molecule has 3 fully saturated rings. The van der Waals surface area contributed by atoms with Crippen molar-refractivity contribution in [2.75, 3.05) is 51.6 Å². The molecule has 362 valence electrons. The van der Waals surface area contributed by atoms with Gasteiger partial charge in [0.1, 0.15) is 35.2 Å². The summed E-state index contributed by atoms with van der Waals surface area (Å²) in [4.78, 5) is 0. The van der Waals surface area contributed by atoms with Crippen molar-refractivity contribution in [2.24, 2.45) is 0 Å². The van der Waals surface area contributed by atoms with Gasteiger partial charge >= 0.3 is 29.6 Å². The molecule has 2 N–H and O–H groups in total. The van der Waals surface area contributed by atoms with E-state index in [1.807, 2.05) is 48.5 Å². The van der Waals surface area contributed by atoms with Gasteiger partial charge in [0.2, 0.25) is 0 Å². The Bertz CT molecular complexity index is 1660. The van der Waals surface area contributed by atoms with E-state index in [1.165, 1.54) is 126 Å². The minimum atomic E-state index is 0. The van der Waals surface area contributed by atoms with Crippen molar-refractivity contribution in [3.63, 3.8) is 0 Å². The van der Waals surface area contributed by atoms with Gasteiger partial charge in [-0.25, -0.2) is 0 Å². The maximum absolute atomic E-state index is 9.28. The zero-order valence-corrected chi connectivity index (χ0v) is 44.5. The summed E-state index contributed by atoms with van der Waals surface area (Å²) < 4.78 is 33.3. The molecule has 8 nitrogen and oxygen atoms in total. The van der Waals surface area contributed by atoms with Crippen molar-refractivity contribution in [3.05, 3.63) is 97.1 Å². The van der Waals surface area contributed by atoms with Crippen LogP contribution in [0.15, 0.2) is 97.1 Å². The van der Waals surface area contributed by atoms with Crippen molar-refractivity contribution in [1.29, 1.82) is 0 Å². The minimum absolute atomic E-state index is 0. The van der Waals surface area contributed by atoms with E-state index in [2.05, 4.69) is 66.2 Å². The molecule has 4 aromatic rings. The number of rotatable bonds is 24. The van der Waals surface area contributed by atoms with Crippen molar-refractivity contribution in [2.45, 2.75) is 154 Å². The van der Waals surface area contributed by atoms with Crippen LogP contribution in [0.4, 0.5) is 0 Å². The minimum Gasteiger partial charge on any atom is -0.870 e. The average Bonchev–Trinajstić information content (AvgIpc) is 4.18. The molecule has 7 rings (SSSR count). The number of benzene rings is 4. The number of phenolic OH excluding ortho intramolecular Hbond substituents is 1. The van der Waals surface area contributed by atoms with E-state index in [1.54, 1.807) is 12.1 Å². The Morgan fingerprint density at radius 3 is 1.18 bits per heavy atom. The van der Waals surface area contributed by atoms with E-state index in [9.17, 15) is 5.11 Å². The molecule has 3 aliphatic heterocycles. The van der Waals surface area contributed by atoms with Crippen molar-refractivity contribution >= 4 is 15.9 Å². The van der Waals surface area contributed by atoms with E-state index in [0.717, 1.165) is 80.7 Å². The van der Waals surface area contributed by atoms with Crippen molar-refractivity contribution in [1.82, 2.24) is 0 Å². The molecule has 0 amide bonds. The molecule has 2 unspecified atom stereocenters. The molecule has 0 radical (unpaired) electrons. The first kappa shape index (κ1) is 59.5. The second kappa shape index (κ2) is 39.3. The van der Waals surface area contributed by atoms with Gasteiger partial charge in [-0.2, -0.15) is 0 Å². The van der Waals surface area contributed by atoms with Crippen LogP contribution in [-0.2, 0) is 14.2 Å². The van der Waals surface area contributed by atoms with E-state index in [4.69, 9.17) is 28.4 Å². The van der Waals surface area contributed by atoms with Crippen LogP contribution in [0.5, 0.6) is 23.0 Å². The quantitative estimate of drug-likeness (QED) is 0.0420. The van der Waals surface area contributed by atoms with Gasteiger partial charge < -0.3 is 39.0 Å². The Kier molecular flexibility index (Phi) is 35.4. The van der Waals surface area contributed by atoms with Gasteiger partial charge in [-0.05, 0) is 96.5 Å². The Morgan fingerprint density at radius 1 is 0.470 bits per heavy atom. The Balaban J connectivity index is 0.000000346. The molecule has 0 bridgehead atoms. The predicted molar refractivity (Wildman–Crippen MR) is 272 cm³/mol. The number of halogens is 1. The van der Waals surface area contributed by atoms with Crippen LogP contribution in [0.25, 0.3) is 22.3 Å². The predicted octanol–water partition coefficient (Wildman–Crippen LogP) is 12.4. The van der Waals surface area contributed by atoms with E-state index in [0.29, 0.717) is 13.2 Å². The topological polar surface area (TPSA) is 106 Å². The maximum Gasteiger partial charge on any atom is 1.00 e. The molecule has 0 aliphatic carbocycles. The third kappa shape index (κ3) is 26.8. The summed E-state index contributed by atoms with van der Waals surface area (Å²) in [5.74, 6) is 3.02. The summed E-state index contributed by atoms with van der Waals surface area (Å²) in [6.07, 6.45) is 26.8. The maximum atomic E-state index is 9.28. The van der Waals surface area contributed by atoms with Gasteiger partial charge in [-0.1, -0.05) is 168 Å². The molecule has 0 aromatic heterocycles. The number of ether oxygens (including phenoxy) is 6. The first-order valence-corrected chi connectivity index (χ1v) is 26.0. The number of alkyl halides is 1. The van der Waals surface area contributed by atoms with Crippen LogP contribution in [0, 0.1) is 0 Å². The molecule has 0 spiro atoms. The fourth-order valence-electron chi connectivity index (χ4n) is 7.61. The van der Waals surface area contributed by atoms with Crippen LogP contribution in [0.1, 0.15) is 142 Å². The third-order valence-electron chi connectivity index (χ3n) is 11.6. The normalized spacial score (nSPS) is 15.9. The van der Waals surface area contributed by atoms with Gasteiger partial charge in [-0.3, -0.25) is 0 Å². The number of aromatic hydroxyl groups is 1. The summed E-state index contributed by atoms with van der Waals surface area (Å²) in [7, 11) is 0. The SMILES string of the molecule is C1CCOC1.CCCCCCCCCCBr.CCCCCCCCCCOc1ccc(-c2ccc(OC3CCOC3)cc2)cc1.Oc1ccc(-c2ccc(OC3CCOC3)cc2)cc1.[Na+].[OH-]. The molecule has 2 atom stereocenters. The van der Waals surface area contributed by atoms with E-state index >= 15 is 0 Å². The van der Waals surface area contributed by atoms with E-state index < -0.39 is 0 Å². The second-order valence-electron chi connectivity index (χ2n) is 17.1. The molecule has 3 saturated heterocycles. The number of phenols is 1. The first-order valence-electron chi connectivity index (χ1n) is 24.9. The summed E-state index contributed by atoms with van der Waals surface area (Å²) in [5, 5.41) is 10.5. The summed E-state index contributed by atoms with van der Waals surface area (Å²) in [6.45, 7) is 10.3. The zero-order chi connectivity index (χ0) is 45.1. The molecular formula is C56H82BrNaO8. The largest absolute Gasteiger partial charge is 1.00 e. The summed E-state index contributed by atoms with van der Waals surface area (Å²) in [5.41, 5.74) is 4.57. The Morgan fingerprint density at radius 2 is 0.833 bits per heavy atom. The molecule has 4 aromatic carbocycles. The van der Waals surface area contributed by atoms with Gasteiger partial charge in [0.15, 0.2) is 0 Å². The van der Waals surface area contributed by atoms with Crippen LogP contribution in [-0.4, -0.2) is 74.4 Å². The molecule has 0 saturated carbocycles. The number of hydrogen-bond acceptors (Lipinski definition) is 8. The number of hydrogen-bond donors (Lipinski definition) is 1. The zero-order valence-electron chi connectivity index (χ0n) is 40.9. The van der Waals surface area contributed by atoms with Crippen molar-refractivity contribution < 1.29 is 68.6 Å². The molecule has 3 heterocycles. The van der Waals surface area contributed by atoms with Gasteiger partial charge in [-0.15, -0.1) is 0 Å². The second-order valence-corrected chi connectivity index (χ2v) is 17.9. The first-order chi connectivity index (χ1) is 31.6. The summed E-state index contributed by atoms with van der Waals surface area (Å²) in [6, 6.07) is 31.9. The fraction of sp³-hybridized carbons (Fsp3) is 0.571. The standard InChI is InChI=1S/C26H36O3.C16H16O3.C10H21Br.C4H8O.Na.H2O/c1-2-3-4-5-6-7-8-9-19-28-24-14-10-22(11-15-24)23-12-16-25(17-13-23)29-26-18-20-27-21-26;17-14-5-1-12(2-6-14)13-3-7-15(8-4-13)19-16-9-10-18-11-16;1-2-3-4-5-6-7-8-9-10-11;1-2-4-5-3-1;;/h10-17,26H,2-9,18-21H2,1H3;1-8,16-17H,9-11H2;2-10H2,1H3;1-4H2;;1H2/q;;;;+1;/p-1. The Hall–Kier alpha value is -2.60.